The van der Waals surface area contributed by atoms with Gasteiger partial charge in [0.15, 0.2) is 0 Å². The molecule has 1 N–H and O–H groups in total. The number of carbonyl (C=O) groups excluding carboxylic acids is 1. The quantitative estimate of drug-likeness (QED) is 0.894. The molecule has 0 saturated carbocycles. The van der Waals surface area contributed by atoms with E-state index >= 15 is 0 Å². The largest absolute Gasteiger partial charge is 0.338 e. The summed E-state index contributed by atoms with van der Waals surface area (Å²) < 4.78 is 0. The van der Waals surface area contributed by atoms with E-state index < -0.39 is 0 Å². The highest BCUT2D eigenvalue weighted by Gasteiger charge is 2.31. The van der Waals surface area contributed by atoms with Crippen molar-refractivity contribution < 1.29 is 4.79 Å². The van der Waals surface area contributed by atoms with E-state index in [0.29, 0.717) is 11.5 Å². The molecule has 2 heterocycles. The van der Waals surface area contributed by atoms with E-state index in [2.05, 4.69) is 32.2 Å². The summed E-state index contributed by atoms with van der Waals surface area (Å²) in [4.78, 5) is 17.2. The van der Waals surface area contributed by atoms with Crippen LogP contribution in [0.25, 0.3) is 0 Å². The molecule has 0 bridgehead atoms. The van der Waals surface area contributed by atoms with Gasteiger partial charge in [0, 0.05) is 18.0 Å². The normalized spacial score (nSPS) is 22.7. The number of fused-ring (bicyclic) bond motifs is 1. The Kier molecular flexibility index (Phi) is 4.84. The van der Waals surface area contributed by atoms with Crippen molar-refractivity contribution in [3.63, 3.8) is 0 Å². The highest BCUT2D eigenvalue weighted by molar-refractivity contribution is 7.14. The monoisotopic (exact) mass is 334 g/mol. The number of amides is 1. The van der Waals surface area contributed by atoms with E-state index in [9.17, 15) is 4.79 Å². The Morgan fingerprint density at radius 1 is 1.26 bits per heavy atom. The third kappa shape index (κ3) is 3.63. The molecule has 0 radical (unpaired) electrons. The zero-order valence-corrected chi connectivity index (χ0v) is 15.8. The average Bonchev–Trinajstić information content (AvgIpc) is 2.96. The van der Waals surface area contributed by atoms with Crippen molar-refractivity contribution in [3.8, 4) is 0 Å². The van der Waals surface area contributed by atoms with Crippen LogP contribution in [-0.4, -0.2) is 37.0 Å². The Balaban J connectivity index is 1.72. The fourth-order valence-electron chi connectivity index (χ4n) is 3.90. The number of hydrogen-bond donors (Lipinski definition) is 1. The van der Waals surface area contributed by atoms with Gasteiger partial charge < -0.3 is 10.2 Å². The van der Waals surface area contributed by atoms with Gasteiger partial charge in [-0.1, -0.05) is 20.8 Å². The number of nitrogens with one attached hydrogen (secondary N) is 1. The number of thiophene rings is 1. The van der Waals surface area contributed by atoms with Gasteiger partial charge in [0.25, 0.3) is 5.91 Å². The highest BCUT2D eigenvalue weighted by Crippen LogP contribution is 2.40. The van der Waals surface area contributed by atoms with Crippen LogP contribution in [0.2, 0.25) is 0 Å². The maximum Gasteiger partial charge on any atom is 0.263 e. The van der Waals surface area contributed by atoms with Crippen molar-refractivity contribution >= 4 is 17.2 Å². The number of hydrogen-bond acceptors (Lipinski definition) is 3. The van der Waals surface area contributed by atoms with Crippen LogP contribution >= 0.6 is 11.3 Å². The van der Waals surface area contributed by atoms with E-state index in [-0.39, 0.29) is 5.91 Å². The summed E-state index contributed by atoms with van der Waals surface area (Å²) in [6.07, 6.45) is 5.68. The number of aryl methyl sites for hydroxylation is 1. The summed E-state index contributed by atoms with van der Waals surface area (Å²) >= 11 is 1.74. The molecule has 1 unspecified atom stereocenters. The molecule has 0 spiro atoms. The van der Waals surface area contributed by atoms with Gasteiger partial charge in [-0.05, 0) is 68.2 Å². The lowest BCUT2D eigenvalue weighted by Crippen LogP contribution is -2.43. The Morgan fingerprint density at radius 3 is 2.61 bits per heavy atom. The van der Waals surface area contributed by atoms with E-state index in [1.54, 1.807) is 11.3 Å². The van der Waals surface area contributed by atoms with Gasteiger partial charge in [-0.25, -0.2) is 0 Å². The summed E-state index contributed by atoms with van der Waals surface area (Å²) in [5.74, 6) is 0.957. The van der Waals surface area contributed by atoms with Crippen LogP contribution in [0.3, 0.4) is 0 Å². The van der Waals surface area contributed by atoms with Crippen LogP contribution < -0.4 is 5.32 Å². The minimum absolute atomic E-state index is 0.226. The molecule has 3 rings (SSSR count). The molecular formula is C19H30N2OS. The molecule has 4 heteroatoms. The minimum Gasteiger partial charge on any atom is -0.338 e. The molecule has 1 saturated heterocycles. The molecule has 1 aliphatic carbocycles. The molecule has 1 aliphatic heterocycles. The summed E-state index contributed by atoms with van der Waals surface area (Å²) in [6, 6.07) is 2.59. The molecule has 1 amide bonds. The number of carbonyl (C=O) groups is 1. The standard InChI is InChI=1S/C19H30N2OS/c1-19(2,3)14-5-6-16-13(11-14)12-17(23-16)18(22)21(4)15-7-9-20-10-8-15/h12,14-15,20H,5-11H2,1-4H3. The van der Waals surface area contributed by atoms with Gasteiger partial charge in [-0.15, -0.1) is 11.3 Å². The molecule has 3 nitrogen and oxygen atoms in total. The zero-order valence-electron chi connectivity index (χ0n) is 14.9. The van der Waals surface area contributed by atoms with Gasteiger partial charge in [0.05, 0.1) is 4.88 Å². The van der Waals surface area contributed by atoms with Gasteiger partial charge >= 0.3 is 0 Å². The first kappa shape index (κ1) is 17.0. The predicted octanol–water partition coefficient (Wildman–Crippen LogP) is 3.72. The molecule has 128 valence electrons. The molecule has 1 aromatic rings. The topological polar surface area (TPSA) is 32.3 Å². The zero-order chi connectivity index (χ0) is 16.6. The summed E-state index contributed by atoms with van der Waals surface area (Å²) in [5, 5.41) is 3.37. The van der Waals surface area contributed by atoms with E-state index in [1.165, 1.54) is 16.9 Å². The molecular weight excluding hydrogens is 304 g/mol. The summed E-state index contributed by atoms with van der Waals surface area (Å²) in [5.41, 5.74) is 1.79. The Hall–Kier alpha value is -0.870. The lowest BCUT2D eigenvalue weighted by atomic mass is 9.72. The summed E-state index contributed by atoms with van der Waals surface area (Å²) in [6.45, 7) is 9.07. The average molecular weight is 335 g/mol. The Bertz CT molecular complexity index is 566. The van der Waals surface area contributed by atoms with Crippen LogP contribution in [0.4, 0.5) is 0 Å². The van der Waals surface area contributed by atoms with Gasteiger partial charge in [-0.2, -0.15) is 0 Å². The van der Waals surface area contributed by atoms with Crippen molar-refractivity contribution in [3.05, 3.63) is 21.4 Å². The van der Waals surface area contributed by atoms with Crippen LogP contribution in [0.5, 0.6) is 0 Å². The first-order valence-corrected chi connectivity index (χ1v) is 9.77. The first-order chi connectivity index (χ1) is 10.9. The molecule has 1 fully saturated rings. The Labute approximate surface area is 144 Å². The summed E-state index contributed by atoms with van der Waals surface area (Å²) in [7, 11) is 1.98. The number of rotatable bonds is 2. The fourth-order valence-corrected chi connectivity index (χ4v) is 5.09. The van der Waals surface area contributed by atoms with Crippen LogP contribution in [-0.2, 0) is 12.8 Å². The maximum absolute atomic E-state index is 12.9. The SMILES string of the molecule is CN(C(=O)c1cc2c(s1)CCC(C(C)(C)C)C2)C1CCNCC1. The second-order valence-corrected chi connectivity index (χ2v) is 9.40. The van der Waals surface area contributed by atoms with E-state index in [4.69, 9.17) is 0 Å². The fraction of sp³-hybridized carbons (Fsp3) is 0.737. The van der Waals surface area contributed by atoms with E-state index in [1.807, 2.05) is 11.9 Å². The van der Waals surface area contributed by atoms with Crippen molar-refractivity contribution in [1.29, 1.82) is 0 Å². The minimum atomic E-state index is 0.226. The predicted molar refractivity (Wildman–Crippen MR) is 97.3 cm³/mol. The number of nitrogens with zero attached hydrogens (tertiary/aromatic N) is 1. The van der Waals surface area contributed by atoms with Gasteiger partial charge in [0.1, 0.15) is 0 Å². The smallest absolute Gasteiger partial charge is 0.263 e. The van der Waals surface area contributed by atoms with Crippen LogP contribution in [0.1, 0.15) is 60.1 Å². The molecule has 0 aromatic carbocycles. The molecule has 1 aromatic heterocycles. The van der Waals surface area contributed by atoms with Crippen molar-refractivity contribution in [2.75, 3.05) is 20.1 Å². The van der Waals surface area contributed by atoms with E-state index in [0.717, 1.165) is 49.6 Å². The third-order valence-electron chi connectivity index (χ3n) is 5.70. The molecule has 1 atom stereocenters. The molecule has 23 heavy (non-hydrogen) atoms. The lowest BCUT2D eigenvalue weighted by Gasteiger charge is -2.33. The van der Waals surface area contributed by atoms with Crippen molar-refractivity contribution in [1.82, 2.24) is 10.2 Å². The Morgan fingerprint density at radius 2 is 1.96 bits per heavy atom. The van der Waals surface area contributed by atoms with Crippen molar-refractivity contribution in [2.45, 2.75) is 58.9 Å². The molecule has 2 aliphatic rings. The second kappa shape index (κ2) is 6.56. The maximum atomic E-state index is 12.9. The van der Waals surface area contributed by atoms with Crippen LogP contribution in [0, 0.1) is 11.3 Å². The lowest BCUT2D eigenvalue weighted by molar-refractivity contribution is 0.0708. The number of piperidine rings is 1. The second-order valence-electron chi connectivity index (χ2n) is 8.26. The first-order valence-electron chi connectivity index (χ1n) is 8.95. The van der Waals surface area contributed by atoms with Crippen LogP contribution in [0.15, 0.2) is 6.07 Å². The highest BCUT2D eigenvalue weighted by atomic mass is 32.1. The van der Waals surface area contributed by atoms with Gasteiger partial charge in [0.2, 0.25) is 0 Å². The third-order valence-corrected chi connectivity index (χ3v) is 6.92. The van der Waals surface area contributed by atoms with Crippen molar-refractivity contribution in [2.24, 2.45) is 11.3 Å². The van der Waals surface area contributed by atoms with Gasteiger partial charge in [-0.3, -0.25) is 4.79 Å².